The molecule has 0 bridgehead atoms. The van der Waals surface area contributed by atoms with E-state index in [4.69, 9.17) is 11.6 Å². The zero-order valence-electron chi connectivity index (χ0n) is 15.5. The van der Waals surface area contributed by atoms with Gasteiger partial charge in [0.2, 0.25) is 0 Å². The van der Waals surface area contributed by atoms with E-state index in [0.29, 0.717) is 17.9 Å². The van der Waals surface area contributed by atoms with Gasteiger partial charge in [0.25, 0.3) is 0 Å². The highest BCUT2D eigenvalue weighted by molar-refractivity contribution is 7.98. The molecule has 0 saturated heterocycles. The lowest BCUT2D eigenvalue weighted by Gasteiger charge is -2.38. The van der Waals surface area contributed by atoms with Crippen LogP contribution in [0.25, 0.3) is 0 Å². The van der Waals surface area contributed by atoms with E-state index in [0.717, 1.165) is 17.2 Å². The Morgan fingerprint density at radius 2 is 1.86 bits per heavy atom. The number of nitrogens with one attached hydrogen (secondary N) is 1. The molecular formula is C25H22ClNS. The van der Waals surface area contributed by atoms with Crippen LogP contribution in [-0.2, 0) is 5.75 Å². The van der Waals surface area contributed by atoms with Crippen LogP contribution in [0.1, 0.15) is 35.1 Å². The van der Waals surface area contributed by atoms with Crippen molar-refractivity contribution < 1.29 is 0 Å². The summed E-state index contributed by atoms with van der Waals surface area (Å²) in [6.07, 6.45) is 5.85. The molecule has 3 aromatic rings. The van der Waals surface area contributed by atoms with Gasteiger partial charge in [0.15, 0.2) is 0 Å². The number of hydrogen-bond donors (Lipinski definition) is 1. The lowest BCUT2D eigenvalue weighted by Crippen LogP contribution is -2.29. The number of halogens is 1. The van der Waals surface area contributed by atoms with E-state index in [9.17, 15) is 0 Å². The van der Waals surface area contributed by atoms with Crippen LogP contribution < -0.4 is 5.32 Å². The zero-order valence-corrected chi connectivity index (χ0v) is 17.1. The third kappa shape index (κ3) is 3.47. The van der Waals surface area contributed by atoms with Crippen molar-refractivity contribution in [3.8, 4) is 0 Å². The standard InChI is InChI=1S/C25H22ClNS/c26-19-7-4-6-18(15-19)25-22-11-5-10-21(22)23-14-17(12-13-24(23)27-25)16-28-20-8-2-1-3-9-20/h1-10,12-15,21-22,25,27H,11,16H2/t21-,22-,25-/m0/s1. The van der Waals surface area contributed by atoms with E-state index < -0.39 is 0 Å². The predicted octanol–water partition coefficient (Wildman–Crippen LogP) is 7.46. The Morgan fingerprint density at radius 1 is 0.964 bits per heavy atom. The molecule has 140 valence electrons. The Labute approximate surface area is 175 Å². The van der Waals surface area contributed by atoms with E-state index in [1.165, 1.54) is 27.3 Å². The second kappa shape index (κ2) is 7.69. The molecule has 2 aliphatic rings. The normalized spacial score (nSPS) is 22.4. The molecule has 0 radical (unpaired) electrons. The second-order valence-electron chi connectivity index (χ2n) is 7.55. The summed E-state index contributed by atoms with van der Waals surface area (Å²) >= 11 is 8.16. The van der Waals surface area contributed by atoms with Gasteiger partial charge in [-0.25, -0.2) is 0 Å². The van der Waals surface area contributed by atoms with Gasteiger partial charge in [-0.1, -0.05) is 66.2 Å². The first kappa shape index (κ1) is 17.9. The maximum atomic E-state index is 6.27. The number of rotatable bonds is 4. The summed E-state index contributed by atoms with van der Waals surface area (Å²) in [4.78, 5) is 1.32. The second-order valence-corrected chi connectivity index (χ2v) is 9.04. The topological polar surface area (TPSA) is 12.0 Å². The average Bonchev–Trinajstić information content (AvgIpc) is 3.23. The van der Waals surface area contributed by atoms with E-state index in [2.05, 4.69) is 84.2 Å². The van der Waals surface area contributed by atoms with Crippen molar-refractivity contribution in [3.63, 3.8) is 0 Å². The summed E-state index contributed by atoms with van der Waals surface area (Å²) in [5.74, 6) is 2.01. The number of anilines is 1. The molecule has 0 amide bonds. The van der Waals surface area contributed by atoms with Crippen molar-refractivity contribution in [1.29, 1.82) is 0 Å². The van der Waals surface area contributed by atoms with Crippen LogP contribution in [0.2, 0.25) is 5.02 Å². The largest absolute Gasteiger partial charge is 0.378 e. The van der Waals surface area contributed by atoms with E-state index in [1.54, 1.807) is 0 Å². The monoisotopic (exact) mass is 403 g/mol. The molecule has 0 unspecified atom stereocenters. The van der Waals surface area contributed by atoms with Crippen LogP contribution in [0.15, 0.2) is 89.8 Å². The first-order chi connectivity index (χ1) is 13.8. The van der Waals surface area contributed by atoms with Crippen LogP contribution in [0.3, 0.4) is 0 Å². The van der Waals surface area contributed by atoms with Gasteiger partial charge in [-0.05, 0) is 59.4 Å². The van der Waals surface area contributed by atoms with Gasteiger partial charge in [-0.15, -0.1) is 11.8 Å². The number of thioether (sulfide) groups is 1. The van der Waals surface area contributed by atoms with Gasteiger partial charge in [0.05, 0.1) is 6.04 Å². The summed E-state index contributed by atoms with van der Waals surface area (Å²) in [7, 11) is 0. The quantitative estimate of drug-likeness (QED) is 0.358. The number of benzene rings is 3. The smallest absolute Gasteiger partial charge is 0.0554 e. The third-order valence-electron chi connectivity index (χ3n) is 5.78. The molecule has 1 aliphatic carbocycles. The minimum Gasteiger partial charge on any atom is -0.378 e. The van der Waals surface area contributed by atoms with Crippen molar-refractivity contribution in [1.82, 2.24) is 0 Å². The van der Waals surface area contributed by atoms with Crippen molar-refractivity contribution in [2.24, 2.45) is 5.92 Å². The summed E-state index contributed by atoms with van der Waals surface area (Å²) < 4.78 is 0. The molecule has 3 aromatic carbocycles. The minimum absolute atomic E-state index is 0.302. The first-order valence-electron chi connectivity index (χ1n) is 9.77. The van der Waals surface area contributed by atoms with E-state index in [1.807, 2.05) is 17.8 Å². The highest BCUT2D eigenvalue weighted by Crippen LogP contribution is 2.50. The van der Waals surface area contributed by atoms with Crippen LogP contribution in [0, 0.1) is 5.92 Å². The lowest BCUT2D eigenvalue weighted by molar-refractivity contribution is 0.425. The van der Waals surface area contributed by atoms with Crippen molar-refractivity contribution >= 4 is 29.1 Å². The summed E-state index contributed by atoms with van der Waals surface area (Å²) in [6.45, 7) is 0. The first-order valence-corrected chi connectivity index (χ1v) is 11.1. The maximum absolute atomic E-state index is 6.27. The molecule has 0 aromatic heterocycles. The van der Waals surface area contributed by atoms with Crippen molar-refractivity contribution in [3.05, 3.63) is 107 Å². The Balaban J connectivity index is 1.42. The van der Waals surface area contributed by atoms with Gasteiger partial charge in [0, 0.05) is 27.3 Å². The highest BCUT2D eigenvalue weighted by atomic mass is 35.5. The molecule has 28 heavy (non-hydrogen) atoms. The lowest BCUT2D eigenvalue weighted by atomic mass is 9.76. The van der Waals surface area contributed by atoms with E-state index >= 15 is 0 Å². The van der Waals surface area contributed by atoms with Crippen LogP contribution in [-0.4, -0.2) is 0 Å². The molecular weight excluding hydrogens is 382 g/mol. The fourth-order valence-corrected chi connectivity index (χ4v) is 5.51. The molecule has 1 N–H and O–H groups in total. The number of allylic oxidation sites excluding steroid dienone is 2. The Bertz CT molecular complexity index is 1010. The fourth-order valence-electron chi connectivity index (χ4n) is 4.45. The average molecular weight is 404 g/mol. The third-order valence-corrected chi connectivity index (χ3v) is 7.10. The van der Waals surface area contributed by atoms with Crippen molar-refractivity contribution in [2.75, 3.05) is 5.32 Å². The molecule has 0 fully saturated rings. The molecule has 0 saturated carbocycles. The van der Waals surface area contributed by atoms with Crippen LogP contribution in [0.5, 0.6) is 0 Å². The Kier molecular flexibility index (Phi) is 4.92. The number of hydrogen-bond acceptors (Lipinski definition) is 2. The minimum atomic E-state index is 0.302. The maximum Gasteiger partial charge on any atom is 0.0554 e. The van der Waals surface area contributed by atoms with Gasteiger partial charge >= 0.3 is 0 Å². The molecule has 3 heteroatoms. The Hall–Kier alpha value is -2.16. The molecule has 0 spiro atoms. The molecule has 3 atom stereocenters. The van der Waals surface area contributed by atoms with Gasteiger partial charge < -0.3 is 5.32 Å². The predicted molar refractivity (Wildman–Crippen MR) is 120 cm³/mol. The molecule has 1 heterocycles. The SMILES string of the molecule is Clc1cccc([C@@H]2Nc3ccc(CSc4ccccc4)cc3[C@H]3C=CC[C@@H]32)c1. The van der Waals surface area contributed by atoms with Gasteiger partial charge in [-0.3, -0.25) is 0 Å². The van der Waals surface area contributed by atoms with Gasteiger partial charge in [-0.2, -0.15) is 0 Å². The summed E-state index contributed by atoms with van der Waals surface area (Å²) in [6, 6.07) is 26.1. The zero-order chi connectivity index (χ0) is 18.9. The van der Waals surface area contributed by atoms with Crippen LogP contribution >= 0.6 is 23.4 Å². The number of fused-ring (bicyclic) bond motifs is 3. The van der Waals surface area contributed by atoms with Gasteiger partial charge in [0.1, 0.15) is 0 Å². The molecule has 1 nitrogen and oxygen atoms in total. The fraction of sp³-hybridized carbons (Fsp3) is 0.200. The summed E-state index contributed by atoms with van der Waals surface area (Å²) in [5, 5.41) is 4.61. The Morgan fingerprint density at radius 3 is 2.71 bits per heavy atom. The van der Waals surface area contributed by atoms with E-state index in [-0.39, 0.29) is 0 Å². The van der Waals surface area contributed by atoms with Crippen LogP contribution in [0.4, 0.5) is 5.69 Å². The summed E-state index contributed by atoms with van der Waals surface area (Å²) in [5.41, 5.74) is 5.35. The highest BCUT2D eigenvalue weighted by Gasteiger charge is 2.37. The molecule has 1 aliphatic heterocycles. The van der Waals surface area contributed by atoms with Crippen molar-refractivity contribution in [2.45, 2.75) is 29.0 Å². The molecule has 5 rings (SSSR count).